The van der Waals surface area contributed by atoms with E-state index >= 15 is 0 Å². The van der Waals surface area contributed by atoms with Crippen LogP contribution in [-0.4, -0.2) is 30.1 Å². The smallest absolute Gasteiger partial charge is 0.0450 e. The predicted molar refractivity (Wildman–Crippen MR) is 86.9 cm³/mol. The second-order valence-electron chi connectivity index (χ2n) is 7.21. The lowest BCUT2D eigenvalue weighted by Crippen LogP contribution is -2.59. The van der Waals surface area contributed by atoms with Crippen molar-refractivity contribution in [2.75, 3.05) is 13.1 Å². The molecule has 0 spiro atoms. The average molecular weight is 274 g/mol. The minimum Gasteiger partial charge on any atom is -0.307 e. The second-order valence-corrected chi connectivity index (χ2v) is 7.21. The van der Waals surface area contributed by atoms with Gasteiger partial charge in [0, 0.05) is 31.2 Å². The maximum absolute atomic E-state index is 3.76. The normalized spacial score (nSPS) is 26.4. The van der Waals surface area contributed by atoms with Crippen LogP contribution in [0.3, 0.4) is 0 Å². The summed E-state index contributed by atoms with van der Waals surface area (Å²) in [5, 5.41) is 3.76. The zero-order valence-electron chi connectivity index (χ0n) is 13.7. The molecule has 1 N–H and O–H groups in total. The predicted octanol–water partition coefficient (Wildman–Crippen LogP) is 3.85. The van der Waals surface area contributed by atoms with Crippen molar-refractivity contribution in [3.63, 3.8) is 0 Å². The van der Waals surface area contributed by atoms with E-state index in [9.17, 15) is 0 Å². The van der Waals surface area contributed by atoms with Crippen LogP contribution in [0.2, 0.25) is 0 Å². The van der Waals surface area contributed by atoms with Crippen LogP contribution in [-0.2, 0) is 0 Å². The molecule has 0 radical (unpaired) electrons. The highest BCUT2D eigenvalue weighted by Crippen LogP contribution is 2.31. The third kappa shape index (κ3) is 3.42. The number of piperazine rings is 1. The molecule has 1 saturated heterocycles. The molecule has 0 amide bonds. The van der Waals surface area contributed by atoms with Gasteiger partial charge in [0.25, 0.3) is 0 Å². The number of nitrogens with zero attached hydrogens (tertiary/aromatic N) is 1. The summed E-state index contributed by atoms with van der Waals surface area (Å²) in [7, 11) is 0. The van der Waals surface area contributed by atoms with Crippen LogP contribution in [0.15, 0.2) is 30.3 Å². The zero-order chi connectivity index (χ0) is 14.8. The molecule has 3 atom stereocenters. The lowest BCUT2D eigenvalue weighted by Gasteiger charge is -2.49. The van der Waals surface area contributed by atoms with Crippen LogP contribution in [0.4, 0.5) is 0 Å². The summed E-state index contributed by atoms with van der Waals surface area (Å²) in [5.74, 6) is 0. The van der Waals surface area contributed by atoms with Gasteiger partial charge in [0.15, 0.2) is 0 Å². The molecule has 0 bridgehead atoms. The fourth-order valence-electron chi connectivity index (χ4n) is 3.21. The molecule has 1 aliphatic rings. The van der Waals surface area contributed by atoms with Gasteiger partial charge in [-0.15, -0.1) is 0 Å². The van der Waals surface area contributed by atoms with E-state index in [0.717, 1.165) is 13.1 Å². The Labute approximate surface area is 124 Å². The third-order valence-corrected chi connectivity index (χ3v) is 4.71. The molecule has 1 aromatic rings. The molecule has 0 aromatic heterocycles. The van der Waals surface area contributed by atoms with Crippen molar-refractivity contribution in [3.05, 3.63) is 35.9 Å². The van der Waals surface area contributed by atoms with Crippen molar-refractivity contribution in [2.45, 2.75) is 59.2 Å². The average Bonchev–Trinajstić information content (AvgIpc) is 2.45. The number of hydrogen-bond donors (Lipinski definition) is 1. The van der Waals surface area contributed by atoms with Crippen LogP contribution < -0.4 is 5.32 Å². The Balaban J connectivity index is 2.17. The molecule has 3 unspecified atom stereocenters. The molecule has 2 nitrogen and oxygen atoms in total. The molecule has 1 heterocycles. The minimum absolute atomic E-state index is 0.318. The Morgan fingerprint density at radius 3 is 2.45 bits per heavy atom. The largest absolute Gasteiger partial charge is 0.307 e. The lowest BCUT2D eigenvalue weighted by molar-refractivity contribution is 0.0244. The monoisotopic (exact) mass is 274 g/mol. The minimum atomic E-state index is 0.318. The van der Waals surface area contributed by atoms with Gasteiger partial charge in [-0.3, -0.25) is 4.90 Å². The van der Waals surface area contributed by atoms with Gasteiger partial charge in [0.2, 0.25) is 0 Å². The van der Waals surface area contributed by atoms with Gasteiger partial charge in [-0.25, -0.2) is 0 Å². The molecule has 112 valence electrons. The first kappa shape index (κ1) is 15.5. The summed E-state index contributed by atoms with van der Waals surface area (Å²) in [4.78, 5) is 2.72. The van der Waals surface area contributed by atoms with Gasteiger partial charge in [-0.05, 0) is 24.3 Å². The maximum atomic E-state index is 3.76. The Morgan fingerprint density at radius 2 is 1.90 bits per heavy atom. The van der Waals surface area contributed by atoms with Gasteiger partial charge in [0.05, 0.1) is 0 Å². The molecule has 0 aliphatic carbocycles. The Morgan fingerprint density at radius 1 is 1.25 bits per heavy atom. The molecule has 1 fully saturated rings. The Bertz CT molecular complexity index is 407. The van der Waals surface area contributed by atoms with Crippen molar-refractivity contribution >= 4 is 0 Å². The molecule has 20 heavy (non-hydrogen) atoms. The van der Waals surface area contributed by atoms with Crippen molar-refractivity contribution in [1.82, 2.24) is 10.2 Å². The summed E-state index contributed by atoms with van der Waals surface area (Å²) in [6, 6.07) is 12.6. The highest BCUT2D eigenvalue weighted by Gasteiger charge is 2.37. The molecular weight excluding hydrogens is 244 g/mol. The molecular formula is C18H30N2. The van der Waals surface area contributed by atoms with E-state index in [0.29, 0.717) is 23.5 Å². The van der Waals surface area contributed by atoms with Crippen LogP contribution in [0.5, 0.6) is 0 Å². The fourth-order valence-corrected chi connectivity index (χ4v) is 3.21. The molecule has 1 aliphatic heterocycles. The number of benzene rings is 1. The first-order valence-corrected chi connectivity index (χ1v) is 7.97. The van der Waals surface area contributed by atoms with Gasteiger partial charge in [-0.1, -0.05) is 58.0 Å². The van der Waals surface area contributed by atoms with E-state index in [1.165, 1.54) is 12.0 Å². The van der Waals surface area contributed by atoms with Gasteiger partial charge >= 0.3 is 0 Å². The Kier molecular flexibility index (Phi) is 4.87. The van der Waals surface area contributed by atoms with Crippen molar-refractivity contribution in [2.24, 2.45) is 5.41 Å². The van der Waals surface area contributed by atoms with Crippen LogP contribution in [0, 0.1) is 5.41 Å². The summed E-state index contributed by atoms with van der Waals surface area (Å²) in [6.07, 6.45) is 1.22. The van der Waals surface area contributed by atoms with Crippen LogP contribution >= 0.6 is 0 Å². The van der Waals surface area contributed by atoms with E-state index in [4.69, 9.17) is 0 Å². The lowest BCUT2D eigenvalue weighted by atomic mass is 9.82. The summed E-state index contributed by atoms with van der Waals surface area (Å²) >= 11 is 0. The quantitative estimate of drug-likeness (QED) is 0.900. The van der Waals surface area contributed by atoms with Crippen LogP contribution in [0.1, 0.15) is 52.6 Å². The highest BCUT2D eigenvalue weighted by molar-refractivity contribution is 5.20. The van der Waals surface area contributed by atoms with E-state index in [1.54, 1.807) is 0 Å². The molecule has 2 rings (SSSR count). The number of nitrogens with one attached hydrogen (secondary N) is 1. The first-order chi connectivity index (χ1) is 9.43. The van der Waals surface area contributed by atoms with Gasteiger partial charge < -0.3 is 5.32 Å². The molecule has 0 saturated carbocycles. The Hall–Kier alpha value is -0.860. The highest BCUT2D eigenvalue weighted by atomic mass is 15.3. The van der Waals surface area contributed by atoms with E-state index in [1.807, 2.05) is 0 Å². The molecule has 1 aromatic carbocycles. The van der Waals surface area contributed by atoms with Crippen LogP contribution in [0.25, 0.3) is 0 Å². The van der Waals surface area contributed by atoms with E-state index < -0.39 is 0 Å². The standard InChI is InChI=1S/C18H30N2/c1-6-14(2)20-13-16(15-10-8-7-9-11-15)19-12-17(20)18(3,4)5/h7-11,14,16-17,19H,6,12-13H2,1-5H3. The van der Waals surface area contributed by atoms with Gasteiger partial charge in [0.1, 0.15) is 0 Å². The van der Waals surface area contributed by atoms with E-state index in [2.05, 4.69) is 75.2 Å². The van der Waals surface area contributed by atoms with E-state index in [-0.39, 0.29) is 0 Å². The fraction of sp³-hybridized carbons (Fsp3) is 0.667. The van der Waals surface area contributed by atoms with Crippen molar-refractivity contribution < 1.29 is 0 Å². The first-order valence-electron chi connectivity index (χ1n) is 7.97. The van der Waals surface area contributed by atoms with Crippen molar-refractivity contribution in [1.29, 1.82) is 0 Å². The number of hydrogen-bond acceptors (Lipinski definition) is 2. The second kappa shape index (κ2) is 6.28. The topological polar surface area (TPSA) is 15.3 Å². The van der Waals surface area contributed by atoms with Gasteiger partial charge in [-0.2, -0.15) is 0 Å². The van der Waals surface area contributed by atoms with Crippen molar-refractivity contribution in [3.8, 4) is 0 Å². The summed E-state index contributed by atoms with van der Waals surface area (Å²) in [5.41, 5.74) is 1.73. The molecule has 2 heteroatoms. The summed E-state index contributed by atoms with van der Waals surface area (Å²) < 4.78 is 0. The zero-order valence-corrected chi connectivity index (χ0v) is 13.7. The maximum Gasteiger partial charge on any atom is 0.0450 e. The number of rotatable bonds is 3. The summed E-state index contributed by atoms with van der Waals surface area (Å²) in [6.45, 7) is 13.9. The third-order valence-electron chi connectivity index (χ3n) is 4.71. The SMILES string of the molecule is CCC(C)N1CC(c2ccccc2)NCC1C(C)(C)C.